The van der Waals surface area contributed by atoms with Crippen molar-refractivity contribution >= 4 is 12.1 Å². The molecule has 1 N–H and O–H groups in total. The fourth-order valence-electron chi connectivity index (χ4n) is 3.60. The second kappa shape index (κ2) is 16.3. The van der Waals surface area contributed by atoms with Crippen molar-refractivity contribution in [1.82, 2.24) is 10.2 Å². The summed E-state index contributed by atoms with van der Waals surface area (Å²) in [5.74, 6) is 0.255. The largest absolute Gasteiger partial charge is 0.326 e. The predicted molar refractivity (Wildman–Crippen MR) is 113 cm³/mol. The molecule has 0 fully saturated rings. The molecular formula is C22H43N3O. The first-order chi connectivity index (χ1) is 12.8. The molecule has 0 saturated carbocycles. The fraction of sp³-hybridized carbons (Fsp3) is 0.909. The van der Waals surface area contributed by atoms with Crippen LogP contribution in [0.3, 0.4) is 0 Å². The Bertz CT molecular complexity index is 370. The molecule has 0 aromatic heterocycles. The van der Waals surface area contributed by atoms with Gasteiger partial charge in [-0.05, 0) is 32.5 Å². The van der Waals surface area contributed by atoms with Crippen molar-refractivity contribution < 1.29 is 4.79 Å². The summed E-state index contributed by atoms with van der Waals surface area (Å²) in [7, 11) is 0. The zero-order chi connectivity index (χ0) is 18.9. The fourth-order valence-corrected chi connectivity index (χ4v) is 3.60. The lowest BCUT2D eigenvalue weighted by atomic mass is 10.1. The van der Waals surface area contributed by atoms with Crippen LogP contribution in [0, 0.1) is 0 Å². The van der Waals surface area contributed by atoms with Gasteiger partial charge in [0.15, 0.2) is 0 Å². The summed E-state index contributed by atoms with van der Waals surface area (Å²) >= 11 is 0. The second-order valence-corrected chi connectivity index (χ2v) is 7.73. The molecule has 1 atom stereocenters. The second-order valence-electron chi connectivity index (χ2n) is 7.73. The van der Waals surface area contributed by atoms with Gasteiger partial charge in [-0.3, -0.25) is 15.1 Å². The number of nitrogens with one attached hydrogen (secondary N) is 1. The van der Waals surface area contributed by atoms with Crippen LogP contribution in [0.1, 0.15) is 104 Å². The van der Waals surface area contributed by atoms with Crippen LogP contribution < -0.4 is 5.32 Å². The van der Waals surface area contributed by atoms with Gasteiger partial charge in [0.05, 0.1) is 12.7 Å². The van der Waals surface area contributed by atoms with Crippen LogP contribution >= 0.6 is 0 Å². The van der Waals surface area contributed by atoms with Crippen molar-refractivity contribution in [2.45, 2.75) is 110 Å². The van der Waals surface area contributed by atoms with Crippen LogP contribution in [0.4, 0.5) is 0 Å². The van der Waals surface area contributed by atoms with Gasteiger partial charge in [-0.15, -0.1) is 0 Å². The Morgan fingerprint density at radius 1 is 1.00 bits per heavy atom. The van der Waals surface area contributed by atoms with E-state index in [1.54, 1.807) is 0 Å². The lowest BCUT2D eigenvalue weighted by Gasteiger charge is -2.30. The maximum absolute atomic E-state index is 12.2. The SMILES string of the molecule is CCCCCCCCCCCCCCNC(C)N1CC/N=C\CCC1=O. The van der Waals surface area contributed by atoms with Gasteiger partial charge >= 0.3 is 0 Å². The summed E-state index contributed by atoms with van der Waals surface area (Å²) in [6, 6.07) is 0. The Labute approximate surface area is 162 Å². The maximum atomic E-state index is 12.2. The van der Waals surface area contributed by atoms with E-state index in [0.717, 1.165) is 26.1 Å². The number of amides is 1. The third-order valence-corrected chi connectivity index (χ3v) is 5.34. The number of rotatable bonds is 15. The van der Waals surface area contributed by atoms with Crippen LogP contribution in [-0.4, -0.2) is 42.8 Å². The Kier molecular flexibility index (Phi) is 14.5. The summed E-state index contributed by atoms with van der Waals surface area (Å²) in [5, 5.41) is 3.52. The number of carbonyl (C=O) groups is 1. The minimum atomic E-state index is 0.128. The van der Waals surface area contributed by atoms with E-state index in [1.165, 1.54) is 77.0 Å². The molecule has 0 aliphatic carbocycles. The highest BCUT2D eigenvalue weighted by Gasteiger charge is 2.19. The number of unbranched alkanes of at least 4 members (excludes halogenated alkanes) is 11. The average Bonchev–Trinajstić information content (AvgIpc) is 2.62. The molecule has 1 unspecified atom stereocenters. The zero-order valence-electron chi connectivity index (χ0n) is 17.5. The molecule has 0 bridgehead atoms. The Morgan fingerprint density at radius 2 is 1.58 bits per heavy atom. The van der Waals surface area contributed by atoms with E-state index in [2.05, 4.69) is 24.2 Å². The first-order valence-electron chi connectivity index (χ1n) is 11.3. The van der Waals surface area contributed by atoms with Crippen molar-refractivity contribution in [3.63, 3.8) is 0 Å². The highest BCUT2D eigenvalue weighted by molar-refractivity contribution is 5.79. The van der Waals surface area contributed by atoms with Gasteiger partial charge in [0.1, 0.15) is 0 Å². The van der Waals surface area contributed by atoms with Crippen LogP contribution in [-0.2, 0) is 4.79 Å². The quantitative estimate of drug-likeness (QED) is 0.399. The molecule has 0 saturated heterocycles. The number of carbonyl (C=O) groups excluding carboxylic acids is 1. The van der Waals surface area contributed by atoms with Crippen LogP contribution in [0.25, 0.3) is 0 Å². The zero-order valence-corrected chi connectivity index (χ0v) is 17.5. The van der Waals surface area contributed by atoms with Crippen molar-refractivity contribution in [3.8, 4) is 0 Å². The highest BCUT2D eigenvalue weighted by Crippen LogP contribution is 2.12. The Hall–Kier alpha value is -0.900. The number of aliphatic imine (C=N–C) groups is 1. The standard InChI is InChI=1S/C22H43N3O/c1-3-4-5-6-7-8-9-10-11-12-13-14-18-24-21(2)25-20-19-23-17-15-16-22(25)26/h17,21,24H,3-16,18-20H2,1-2H3/b23-17-. The minimum Gasteiger partial charge on any atom is -0.326 e. The van der Waals surface area contributed by atoms with Crippen LogP contribution in [0.2, 0.25) is 0 Å². The normalized spacial score (nSPS) is 17.8. The van der Waals surface area contributed by atoms with Crippen molar-refractivity contribution in [2.75, 3.05) is 19.6 Å². The molecule has 1 rings (SSSR count). The van der Waals surface area contributed by atoms with Gasteiger partial charge in [0, 0.05) is 13.0 Å². The average molecular weight is 366 g/mol. The van der Waals surface area contributed by atoms with Crippen LogP contribution in [0.15, 0.2) is 4.99 Å². The lowest BCUT2D eigenvalue weighted by Crippen LogP contribution is -2.48. The van der Waals surface area contributed by atoms with Gasteiger partial charge < -0.3 is 4.90 Å². The molecule has 1 amide bonds. The number of nitrogens with zero attached hydrogens (tertiary/aromatic N) is 2. The van der Waals surface area contributed by atoms with E-state index >= 15 is 0 Å². The van der Waals surface area contributed by atoms with Gasteiger partial charge in [-0.25, -0.2) is 0 Å². The molecule has 26 heavy (non-hydrogen) atoms. The van der Waals surface area contributed by atoms with Crippen molar-refractivity contribution in [2.24, 2.45) is 4.99 Å². The van der Waals surface area contributed by atoms with Crippen molar-refractivity contribution in [1.29, 1.82) is 0 Å². The third kappa shape index (κ3) is 11.7. The van der Waals surface area contributed by atoms with E-state index in [9.17, 15) is 4.79 Å². The topological polar surface area (TPSA) is 44.7 Å². The molecule has 4 nitrogen and oxygen atoms in total. The molecule has 1 heterocycles. The highest BCUT2D eigenvalue weighted by atomic mass is 16.2. The Morgan fingerprint density at radius 3 is 2.19 bits per heavy atom. The lowest BCUT2D eigenvalue weighted by molar-refractivity contribution is -0.133. The molecule has 1 aliphatic heterocycles. The Balaban J connectivity index is 1.92. The molecular weight excluding hydrogens is 322 g/mol. The first-order valence-corrected chi connectivity index (χ1v) is 11.3. The predicted octanol–water partition coefficient (Wildman–Crippen LogP) is 5.32. The van der Waals surface area contributed by atoms with E-state index in [1.807, 2.05) is 11.1 Å². The first kappa shape index (κ1) is 23.1. The van der Waals surface area contributed by atoms with E-state index < -0.39 is 0 Å². The monoisotopic (exact) mass is 365 g/mol. The van der Waals surface area contributed by atoms with Gasteiger partial charge in [0.2, 0.25) is 5.91 Å². The van der Waals surface area contributed by atoms with E-state index in [0.29, 0.717) is 6.42 Å². The minimum absolute atomic E-state index is 0.128. The summed E-state index contributed by atoms with van der Waals surface area (Å²) in [4.78, 5) is 18.4. The number of hydrogen-bond donors (Lipinski definition) is 1. The summed E-state index contributed by atoms with van der Waals surface area (Å²) in [5.41, 5.74) is 0. The van der Waals surface area contributed by atoms with Crippen molar-refractivity contribution in [3.05, 3.63) is 0 Å². The molecule has 0 aromatic rings. The van der Waals surface area contributed by atoms with E-state index in [4.69, 9.17) is 0 Å². The summed E-state index contributed by atoms with van der Waals surface area (Å²) in [6.07, 6.45) is 19.9. The summed E-state index contributed by atoms with van der Waals surface area (Å²) < 4.78 is 0. The number of hydrogen-bond acceptors (Lipinski definition) is 3. The van der Waals surface area contributed by atoms with Gasteiger partial charge in [-0.1, -0.05) is 77.6 Å². The smallest absolute Gasteiger partial charge is 0.224 e. The van der Waals surface area contributed by atoms with E-state index in [-0.39, 0.29) is 12.1 Å². The molecule has 0 spiro atoms. The molecule has 4 heteroatoms. The maximum Gasteiger partial charge on any atom is 0.224 e. The van der Waals surface area contributed by atoms with Gasteiger partial charge in [0.25, 0.3) is 0 Å². The molecule has 0 radical (unpaired) electrons. The summed E-state index contributed by atoms with van der Waals surface area (Å²) in [6.45, 7) is 6.86. The van der Waals surface area contributed by atoms with Gasteiger partial charge in [-0.2, -0.15) is 0 Å². The van der Waals surface area contributed by atoms with Crippen LogP contribution in [0.5, 0.6) is 0 Å². The third-order valence-electron chi connectivity index (χ3n) is 5.34. The molecule has 152 valence electrons. The molecule has 1 aliphatic rings. The molecule has 0 aromatic carbocycles.